The fraction of sp³-hybridized carbons (Fsp3) is 0.214. The largest absolute Gasteiger partial charge is 0.489 e. The van der Waals surface area contributed by atoms with Crippen LogP contribution in [0.15, 0.2) is 36.5 Å². The highest BCUT2D eigenvalue weighted by molar-refractivity contribution is 5.28. The third-order valence-corrected chi connectivity index (χ3v) is 2.64. The van der Waals surface area contributed by atoms with Gasteiger partial charge in [0.15, 0.2) is 0 Å². The molecule has 0 saturated carbocycles. The Labute approximate surface area is 105 Å². The third-order valence-electron chi connectivity index (χ3n) is 2.64. The smallest absolute Gasteiger partial charge is 0.129 e. The first-order valence-electron chi connectivity index (χ1n) is 5.72. The average Bonchev–Trinajstić information content (AvgIpc) is 2.40. The molecule has 0 spiro atoms. The molecule has 0 amide bonds. The summed E-state index contributed by atoms with van der Waals surface area (Å²) in [5.41, 5.74) is 7.89. The highest BCUT2D eigenvalue weighted by atomic mass is 19.1. The lowest BCUT2D eigenvalue weighted by molar-refractivity contribution is 0.304. The van der Waals surface area contributed by atoms with E-state index in [2.05, 4.69) is 4.98 Å². The quantitative estimate of drug-likeness (QED) is 0.902. The molecule has 0 atom stereocenters. The van der Waals surface area contributed by atoms with Crippen LogP contribution in [-0.4, -0.2) is 4.98 Å². The first-order valence-corrected chi connectivity index (χ1v) is 5.72. The van der Waals surface area contributed by atoms with Gasteiger partial charge in [-0.15, -0.1) is 0 Å². The molecule has 0 saturated heterocycles. The fourth-order valence-electron chi connectivity index (χ4n) is 1.56. The molecule has 1 aromatic heterocycles. The zero-order valence-corrected chi connectivity index (χ0v) is 10.2. The van der Waals surface area contributed by atoms with Gasteiger partial charge in [-0.2, -0.15) is 0 Å². The van der Waals surface area contributed by atoms with Gasteiger partial charge in [-0.25, -0.2) is 4.39 Å². The normalized spacial score (nSPS) is 10.4. The van der Waals surface area contributed by atoms with Crippen molar-refractivity contribution in [3.8, 4) is 5.75 Å². The molecular weight excluding hydrogens is 231 g/mol. The number of hydrogen-bond acceptors (Lipinski definition) is 3. The Hall–Kier alpha value is -1.94. The molecule has 0 aliphatic heterocycles. The number of ether oxygens (including phenoxy) is 1. The number of rotatable bonds is 4. The average molecular weight is 246 g/mol. The second-order valence-electron chi connectivity index (χ2n) is 4.06. The monoisotopic (exact) mass is 246 g/mol. The summed E-state index contributed by atoms with van der Waals surface area (Å²) in [6.07, 6.45) is 1.69. The summed E-state index contributed by atoms with van der Waals surface area (Å²) in [5.74, 6) is 0.258. The van der Waals surface area contributed by atoms with Crippen molar-refractivity contribution in [2.24, 2.45) is 5.73 Å². The van der Waals surface area contributed by atoms with Gasteiger partial charge in [0.25, 0.3) is 0 Å². The number of nitrogens with zero attached hydrogens (tertiary/aromatic N) is 1. The van der Waals surface area contributed by atoms with Crippen LogP contribution in [0, 0.1) is 12.7 Å². The number of pyridine rings is 1. The molecule has 1 aromatic carbocycles. The molecule has 0 aliphatic carbocycles. The number of hydrogen-bond donors (Lipinski definition) is 1. The number of benzene rings is 1. The first-order chi connectivity index (χ1) is 8.69. The van der Waals surface area contributed by atoms with Crippen LogP contribution in [-0.2, 0) is 13.2 Å². The molecule has 4 heteroatoms. The van der Waals surface area contributed by atoms with Gasteiger partial charge < -0.3 is 10.5 Å². The molecule has 1 heterocycles. The topological polar surface area (TPSA) is 48.1 Å². The van der Waals surface area contributed by atoms with Crippen LogP contribution in [0.25, 0.3) is 0 Å². The molecule has 0 aliphatic rings. The molecule has 2 aromatic rings. The number of aryl methyl sites for hydroxylation is 1. The van der Waals surface area contributed by atoms with Crippen molar-refractivity contribution in [3.05, 3.63) is 59.2 Å². The van der Waals surface area contributed by atoms with Gasteiger partial charge in [0.1, 0.15) is 18.2 Å². The van der Waals surface area contributed by atoms with E-state index in [1.165, 1.54) is 6.07 Å². The molecule has 2 N–H and O–H groups in total. The van der Waals surface area contributed by atoms with E-state index in [1.807, 2.05) is 12.1 Å². The van der Waals surface area contributed by atoms with Crippen molar-refractivity contribution in [1.82, 2.24) is 4.98 Å². The Morgan fingerprint density at radius 3 is 2.83 bits per heavy atom. The molecular formula is C14H15FN2O. The maximum atomic E-state index is 13.3. The minimum Gasteiger partial charge on any atom is -0.489 e. The van der Waals surface area contributed by atoms with E-state index in [1.54, 1.807) is 25.3 Å². The molecule has 18 heavy (non-hydrogen) atoms. The van der Waals surface area contributed by atoms with Crippen LogP contribution in [0.1, 0.15) is 16.8 Å². The maximum Gasteiger partial charge on any atom is 0.129 e. The van der Waals surface area contributed by atoms with Crippen LogP contribution >= 0.6 is 0 Å². The zero-order valence-electron chi connectivity index (χ0n) is 10.2. The Morgan fingerprint density at radius 1 is 1.28 bits per heavy atom. The minimum absolute atomic E-state index is 0.259. The number of halogens is 1. The van der Waals surface area contributed by atoms with Gasteiger partial charge in [-0.05, 0) is 36.2 Å². The van der Waals surface area contributed by atoms with E-state index >= 15 is 0 Å². The summed E-state index contributed by atoms with van der Waals surface area (Å²) in [4.78, 5) is 4.10. The lowest BCUT2D eigenvalue weighted by Gasteiger charge is -2.08. The Balaban J connectivity index is 2.04. The molecule has 0 bridgehead atoms. The van der Waals surface area contributed by atoms with Crippen LogP contribution in [0.3, 0.4) is 0 Å². The summed E-state index contributed by atoms with van der Waals surface area (Å²) >= 11 is 0. The van der Waals surface area contributed by atoms with E-state index < -0.39 is 0 Å². The molecule has 2 rings (SSSR count). The minimum atomic E-state index is -0.259. The Morgan fingerprint density at radius 2 is 2.11 bits per heavy atom. The van der Waals surface area contributed by atoms with E-state index in [4.69, 9.17) is 10.5 Å². The van der Waals surface area contributed by atoms with Gasteiger partial charge in [-0.3, -0.25) is 4.98 Å². The van der Waals surface area contributed by atoms with Crippen molar-refractivity contribution in [2.75, 3.05) is 0 Å². The summed E-state index contributed by atoms with van der Waals surface area (Å²) in [6, 6.07) is 8.57. The van der Waals surface area contributed by atoms with Gasteiger partial charge in [0, 0.05) is 18.8 Å². The third kappa shape index (κ3) is 3.05. The van der Waals surface area contributed by atoms with Crippen molar-refractivity contribution in [2.45, 2.75) is 20.1 Å². The molecule has 3 nitrogen and oxygen atoms in total. The molecule has 94 valence electrons. The zero-order chi connectivity index (χ0) is 13.0. The fourth-order valence-corrected chi connectivity index (χ4v) is 1.56. The highest BCUT2D eigenvalue weighted by Crippen LogP contribution is 2.17. The lowest BCUT2D eigenvalue weighted by atomic mass is 10.2. The van der Waals surface area contributed by atoms with Gasteiger partial charge in [0.05, 0.1) is 5.69 Å². The molecule has 0 radical (unpaired) electrons. The Bertz CT molecular complexity index is 543. The SMILES string of the molecule is Cc1ccc(OCc2ccnc(CN)c2)cc1F. The van der Waals surface area contributed by atoms with Crippen LogP contribution < -0.4 is 10.5 Å². The highest BCUT2D eigenvalue weighted by Gasteiger charge is 2.01. The van der Waals surface area contributed by atoms with E-state index in [9.17, 15) is 4.39 Å². The van der Waals surface area contributed by atoms with Crippen LogP contribution in [0.4, 0.5) is 4.39 Å². The Kier molecular flexibility index (Phi) is 3.89. The van der Waals surface area contributed by atoms with Crippen molar-refractivity contribution in [1.29, 1.82) is 0 Å². The lowest BCUT2D eigenvalue weighted by Crippen LogP contribution is -2.02. The van der Waals surface area contributed by atoms with Crippen molar-refractivity contribution < 1.29 is 9.13 Å². The molecule has 0 fully saturated rings. The van der Waals surface area contributed by atoms with E-state index in [0.717, 1.165) is 11.3 Å². The second kappa shape index (κ2) is 5.60. The summed E-state index contributed by atoms with van der Waals surface area (Å²) in [6.45, 7) is 2.49. The summed E-state index contributed by atoms with van der Waals surface area (Å²) in [7, 11) is 0. The van der Waals surface area contributed by atoms with Gasteiger partial charge in [0.2, 0.25) is 0 Å². The first kappa shape index (κ1) is 12.5. The van der Waals surface area contributed by atoms with E-state index in [0.29, 0.717) is 24.5 Å². The predicted molar refractivity (Wildman–Crippen MR) is 67.6 cm³/mol. The van der Waals surface area contributed by atoms with Gasteiger partial charge in [-0.1, -0.05) is 6.07 Å². The van der Waals surface area contributed by atoms with Crippen LogP contribution in [0.2, 0.25) is 0 Å². The van der Waals surface area contributed by atoms with E-state index in [-0.39, 0.29) is 5.82 Å². The summed E-state index contributed by atoms with van der Waals surface area (Å²) < 4.78 is 18.8. The standard InChI is InChI=1S/C14H15FN2O/c1-10-2-3-13(7-14(10)15)18-9-11-4-5-17-12(6-11)8-16/h2-7H,8-9,16H2,1H3. The number of aromatic nitrogens is 1. The van der Waals surface area contributed by atoms with Crippen molar-refractivity contribution in [3.63, 3.8) is 0 Å². The summed E-state index contributed by atoms with van der Waals surface area (Å²) in [5, 5.41) is 0. The predicted octanol–water partition coefficient (Wildman–Crippen LogP) is 2.57. The number of nitrogens with two attached hydrogens (primary N) is 1. The van der Waals surface area contributed by atoms with Gasteiger partial charge >= 0.3 is 0 Å². The maximum absolute atomic E-state index is 13.3. The second-order valence-corrected chi connectivity index (χ2v) is 4.06. The van der Waals surface area contributed by atoms with Crippen LogP contribution in [0.5, 0.6) is 5.75 Å². The molecule has 0 unspecified atom stereocenters. The van der Waals surface area contributed by atoms with Crippen molar-refractivity contribution >= 4 is 0 Å².